The highest BCUT2D eigenvalue weighted by Gasteiger charge is 2.30. The van der Waals surface area contributed by atoms with Crippen molar-refractivity contribution in [2.45, 2.75) is 12.5 Å². The third-order valence-electron chi connectivity index (χ3n) is 2.63. The van der Waals surface area contributed by atoms with Gasteiger partial charge in [-0.05, 0) is 5.56 Å². The van der Waals surface area contributed by atoms with Crippen LogP contribution in [0, 0.1) is 10.1 Å². The average Bonchev–Trinajstić information content (AvgIpc) is 2.70. The predicted octanol–water partition coefficient (Wildman–Crippen LogP) is 0.677. The third kappa shape index (κ3) is 1.58. The predicted molar refractivity (Wildman–Crippen MR) is 58.3 cm³/mol. The van der Waals surface area contributed by atoms with Crippen LogP contribution in [0.15, 0.2) is 18.2 Å². The van der Waals surface area contributed by atoms with E-state index in [-0.39, 0.29) is 11.6 Å². The van der Waals surface area contributed by atoms with Crippen LogP contribution in [0.4, 0.5) is 11.4 Å². The molecule has 2 rings (SSSR count). The van der Waals surface area contributed by atoms with Crippen molar-refractivity contribution in [2.24, 2.45) is 0 Å². The van der Waals surface area contributed by atoms with E-state index in [1.165, 1.54) is 6.07 Å². The second-order valence-electron chi connectivity index (χ2n) is 3.58. The number of anilines is 1. The van der Waals surface area contributed by atoms with E-state index in [0.29, 0.717) is 12.1 Å². The zero-order valence-electron chi connectivity index (χ0n) is 8.69. The Labute approximate surface area is 91.8 Å². The van der Waals surface area contributed by atoms with Gasteiger partial charge in [-0.1, -0.05) is 12.1 Å². The fourth-order valence-electron chi connectivity index (χ4n) is 1.85. The van der Waals surface area contributed by atoms with Gasteiger partial charge >= 0.3 is 0 Å². The number of hydrogen-bond acceptors (Lipinski definition) is 4. The number of nitro groups is 1. The van der Waals surface area contributed by atoms with Crippen LogP contribution < -0.4 is 10.6 Å². The molecule has 6 heteroatoms. The molecule has 1 atom stereocenters. The van der Waals surface area contributed by atoms with Crippen molar-refractivity contribution in [2.75, 3.05) is 12.4 Å². The SMILES string of the molecule is CNC(=O)C1Cc2cccc([N+](=O)[O-])c2N1. The Morgan fingerprint density at radius 3 is 3.00 bits per heavy atom. The number of likely N-dealkylation sites (N-methyl/N-ethyl adjacent to an activating group) is 1. The maximum absolute atomic E-state index is 11.4. The van der Waals surface area contributed by atoms with Gasteiger partial charge in [0, 0.05) is 19.5 Å². The largest absolute Gasteiger partial charge is 0.368 e. The summed E-state index contributed by atoms with van der Waals surface area (Å²) < 4.78 is 0. The van der Waals surface area contributed by atoms with Gasteiger partial charge in [0.1, 0.15) is 11.7 Å². The molecule has 1 amide bonds. The first-order chi connectivity index (χ1) is 7.63. The third-order valence-corrected chi connectivity index (χ3v) is 2.63. The Kier molecular flexibility index (Phi) is 2.47. The van der Waals surface area contributed by atoms with Gasteiger partial charge in [-0.3, -0.25) is 14.9 Å². The lowest BCUT2D eigenvalue weighted by Gasteiger charge is -2.08. The van der Waals surface area contributed by atoms with E-state index in [1.54, 1.807) is 19.2 Å². The van der Waals surface area contributed by atoms with Crippen LogP contribution in [-0.2, 0) is 11.2 Å². The van der Waals surface area contributed by atoms with Gasteiger partial charge < -0.3 is 10.6 Å². The first-order valence-corrected chi connectivity index (χ1v) is 4.88. The summed E-state index contributed by atoms with van der Waals surface area (Å²) in [4.78, 5) is 21.7. The van der Waals surface area contributed by atoms with Crippen LogP contribution >= 0.6 is 0 Å². The van der Waals surface area contributed by atoms with Crippen LogP contribution in [-0.4, -0.2) is 23.9 Å². The lowest BCUT2D eigenvalue weighted by atomic mass is 10.1. The zero-order chi connectivity index (χ0) is 11.7. The highest BCUT2D eigenvalue weighted by molar-refractivity contribution is 5.88. The fraction of sp³-hybridized carbons (Fsp3) is 0.300. The number of amides is 1. The average molecular weight is 221 g/mol. The van der Waals surface area contributed by atoms with E-state index in [4.69, 9.17) is 0 Å². The van der Waals surface area contributed by atoms with Crippen molar-refractivity contribution in [3.8, 4) is 0 Å². The summed E-state index contributed by atoms with van der Waals surface area (Å²) in [5, 5.41) is 16.2. The summed E-state index contributed by atoms with van der Waals surface area (Å²) in [6.45, 7) is 0. The number of benzene rings is 1. The van der Waals surface area contributed by atoms with Gasteiger partial charge in [-0.2, -0.15) is 0 Å². The summed E-state index contributed by atoms with van der Waals surface area (Å²) in [7, 11) is 1.54. The van der Waals surface area contributed by atoms with Crippen molar-refractivity contribution in [3.05, 3.63) is 33.9 Å². The van der Waals surface area contributed by atoms with Crippen molar-refractivity contribution in [1.82, 2.24) is 5.32 Å². The number of para-hydroxylation sites is 1. The number of carbonyl (C=O) groups excluding carboxylic acids is 1. The van der Waals surface area contributed by atoms with E-state index in [1.807, 2.05) is 0 Å². The fourth-order valence-corrected chi connectivity index (χ4v) is 1.85. The van der Waals surface area contributed by atoms with E-state index in [2.05, 4.69) is 10.6 Å². The molecule has 1 aromatic carbocycles. The molecule has 0 fully saturated rings. The van der Waals surface area contributed by atoms with Crippen LogP contribution in [0.25, 0.3) is 0 Å². The number of carbonyl (C=O) groups is 1. The van der Waals surface area contributed by atoms with Gasteiger partial charge in [-0.15, -0.1) is 0 Å². The molecule has 0 saturated heterocycles. The maximum Gasteiger partial charge on any atom is 0.292 e. The van der Waals surface area contributed by atoms with E-state index >= 15 is 0 Å². The second kappa shape index (κ2) is 3.80. The van der Waals surface area contributed by atoms with Crippen LogP contribution in [0.2, 0.25) is 0 Å². The Bertz CT molecular complexity index is 459. The normalized spacial score (nSPS) is 17.4. The summed E-state index contributed by atoms with van der Waals surface area (Å²) >= 11 is 0. The molecular formula is C10H11N3O3. The molecule has 84 valence electrons. The van der Waals surface area contributed by atoms with Crippen molar-refractivity contribution in [1.29, 1.82) is 0 Å². The highest BCUT2D eigenvalue weighted by atomic mass is 16.6. The monoisotopic (exact) mass is 221 g/mol. The summed E-state index contributed by atoms with van der Waals surface area (Å²) in [6.07, 6.45) is 0.483. The van der Waals surface area contributed by atoms with Gasteiger partial charge in [0.15, 0.2) is 0 Å². The van der Waals surface area contributed by atoms with Crippen LogP contribution in [0.5, 0.6) is 0 Å². The van der Waals surface area contributed by atoms with E-state index < -0.39 is 11.0 Å². The molecular weight excluding hydrogens is 210 g/mol. The second-order valence-corrected chi connectivity index (χ2v) is 3.58. The smallest absolute Gasteiger partial charge is 0.292 e. The maximum atomic E-state index is 11.4. The summed E-state index contributed by atoms with van der Waals surface area (Å²) in [5.41, 5.74) is 1.29. The zero-order valence-corrected chi connectivity index (χ0v) is 8.69. The molecule has 2 N–H and O–H groups in total. The number of rotatable bonds is 2. The first-order valence-electron chi connectivity index (χ1n) is 4.88. The quantitative estimate of drug-likeness (QED) is 0.568. The topological polar surface area (TPSA) is 84.3 Å². The standard InChI is InChI=1S/C10H11N3O3/c1-11-10(14)7-5-6-3-2-4-8(13(15)16)9(6)12-7/h2-4,7,12H,5H2,1H3,(H,11,14). The van der Waals surface area contributed by atoms with Gasteiger partial charge in [0.2, 0.25) is 5.91 Å². The lowest BCUT2D eigenvalue weighted by molar-refractivity contribution is -0.383. The number of nitro benzene ring substituents is 1. The minimum absolute atomic E-state index is 0.0175. The van der Waals surface area contributed by atoms with Crippen molar-refractivity contribution < 1.29 is 9.72 Å². The molecule has 0 bridgehead atoms. The van der Waals surface area contributed by atoms with Crippen LogP contribution in [0.1, 0.15) is 5.56 Å². The van der Waals surface area contributed by atoms with Gasteiger partial charge in [0.05, 0.1) is 4.92 Å². The molecule has 0 aromatic heterocycles. The Balaban J connectivity index is 2.34. The number of fused-ring (bicyclic) bond motifs is 1. The molecule has 0 spiro atoms. The van der Waals surface area contributed by atoms with Gasteiger partial charge in [0.25, 0.3) is 5.69 Å². The molecule has 0 radical (unpaired) electrons. The molecule has 1 unspecified atom stereocenters. The van der Waals surface area contributed by atoms with E-state index in [0.717, 1.165) is 5.56 Å². The molecule has 0 aliphatic carbocycles. The van der Waals surface area contributed by atoms with Crippen molar-refractivity contribution in [3.63, 3.8) is 0 Å². The van der Waals surface area contributed by atoms with Crippen LogP contribution in [0.3, 0.4) is 0 Å². The molecule has 1 aromatic rings. The number of hydrogen-bond donors (Lipinski definition) is 2. The van der Waals surface area contributed by atoms with Gasteiger partial charge in [-0.25, -0.2) is 0 Å². The lowest BCUT2D eigenvalue weighted by Crippen LogP contribution is -2.36. The summed E-state index contributed by atoms with van der Waals surface area (Å²) in [6, 6.07) is 4.43. The first kappa shape index (κ1) is 10.4. The number of nitrogens with one attached hydrogen (secondary N) is 2. The molecule has 16 heavy (non-hydrogen) atoms. The van der Waals surface area contributed by atoms with Crippen molar-refractivity contribution >= 4 is 17.3 Å². The highest BCUT2D eigenvalue weighted by Crippen LogP contribution is 2.34. The Morgan fingerprint density at radius 1 is 1.62 bits per heavy atom. The molecule has 0 saturated carbocycles. The van der Waals surface area contributed by atoms with E-state index in [9.17, 15) is 14.9 Å². The molecule has 1 aliphatic heterocycles. The number of nitrogens with zero attached hydrogens (tertiary/aromatic N) is 1. The molecule has 1 heterocycles. The minimum atomic E-state index is -0.446. The molecule has 6 nitrogen and oxygen atoms in total. The molecule has 1 aliphatic rings. The minimum Gasteiger partial charge on any atom is -0.368 e. The Hall–Kier alpha value is -2.11. The Morgan fingerprint density at radius 2 is 2.38 bits per heavy atom. The summed E-state index contributed by atoms with van der Waals surface area (Å²) in [5.74, 6) is -0.162.